The lowest BCUT2D eigenvalue weighted by Crippen LogP contribution is -2.29. The summed E-state index contributed by atoms with van der Waals surface area (Å²) in [5.41, 5.74) is 1.34. The number of ether oxygens (including phenoxy) is 1. The zero-order valence-corrected chi connectivity index (χ0v) is 11.5. The molecule has 0 aromatic heterocycles. The Labute approximate surface area is 105 Å². The van der Waals surface area contributed by atoms with Gasteiger partial charge in [-0.25, -0.2) is 0 Å². The molecule has 1 rings (SSSR count). The van der Waals surface area contributed by atoms with E-state index in [1.807, 2.05) is 13.1 Å². The van der Waals surface area contributed by atoms with Gasteiger partial charge in [0.1, 0.15) is 5.75 Å². The molecule has 1 aromatic carbocycles. The normalized spacial score (nSPS) is 14.4. The lowest BCUT2D eigenvalue weighted by atomic mass is 9.95. The lowest BCUT2D eigenvalue weighted by Gasteiger charge is -2.20. The smallest absolute Gasteiger partial charge is 0.119 e. The summed E-state index contributed by atoms with van der Waals surface area (Å²) in [5.74, 6) is 1.72. The van der Waals surface area contributed by atoms with Crippen molar-refractivity contribution >= 4 is 0 Å². The van der Waals surface area contributed by atoms with Crippen molar-refractivity contribution in [3.63, 3.8) is 0 Å². The van der Waals surface area contributed by atoms with Crippen molar-refractivity contribution in [3.05, 3.63) is 29.8 Å². The van der Waals surface area contributed by atoms with Gasteiger partial charge in [0.2, 0.25) is 0 Å². The van der Waals surface area contributed by atoms with Crippen LogP contribution in [0, 0.1) is 5.92 Å². The number of nitrogens with one attached hydrogen (secondary N) is 1. The Hall–Kier alpha value is -1.02. The summed E-state index contributed by atoms with van der Waals surface area (Å²) >= 11 is 0. The van der Waals surface area contributed by atoms with Gasteiger partial charge in [-0.05, 0) is 43.5 Å². The van der Waals surface area contributed by atoms with E-state index in [-0.39, 0.29) is 0 Å². The monoisotopic (exact) mass is 235 g/mol. The maximum absolute atomic E-state index is 5.25. The van der Waals surface area contributed by atoms with E-state index in [0.29, 0.717) is 6.04 Å². The van der Waals surface area contributed by atoms with Crippen LogP contribution in [0.1, 0.15) is 32.3 Å². The van der Waals surface area contributed by atoms with Crippen LogP contribution in [0.25, 0.3) is 0 Å². The molecule has 1 aromatic rings. The summed E-state index contributed by atoms with van der Waals surface area (Å²) in [6, 6.07) is 8.90. The summed E-state index contributed by atoms with van der Waals surface area (Å²) in [6.07, 6.45) is 3.54. The third kappa shape index (κ3) is 4.78. The minimum Gasteiger partial charge on any atom is -0.497 e. The van der Waals surface area contributed by atoms with Crippen LogP contribution in [0.15, 0.2) is 24.3 Å². The standard InChI is InChI=1S/C15H25NO/c1-5-12(2)9-14(16-3)10-13-7-6-8-15(11-13)17-4/h6-8,11-12,14,16H,5,9-10H2,1-4H3. The van der Waals surface area contributed by atoms with Gasteiger partial charge in [0.15, 0.2) is 0 Å². The van der Waals surface area contributed by atoms with Crippen LogP contribution in [-0.4, -0.2) is 20.2 Å². The first-order valence-electron chi connectivity index (χ1n) is 6.49. The molecule has 0 radical (unpaired) electrons. The van der Waals surface area contributed by atoms with Crippen LogP contribution in [0.4, 0.5) is 0 Å². The topological polar surface area (TPSA) is 21.3 Å². The van der Waals surface area contributed by atoms with Crippen molar-refractivity contribution in [1.82, 2.24) is 5.32 Å². The molecule has 0 saturated carbocycles. The number of hydrogen-bond donors (Lipinski definition) is 1. The van der Waals surface area contributed by atoms with E-state index in [1.165, 1.54) is 18.4 Å². The predicted molar refractivity (Wildman–Crippen MR) is 73.6 cm³/mol. The molecule has 0 heterocycles. The van der Waals surface area contributed by atoms with Crippen LogP contribution in [0.3, 0.4) is 0 Å². The van der Waals surface area contributed by atoms with Crippen molar-refractivity contribution in [3.8, 4) is 5.75 Å². The summed E-state index contributed by atoms with van der Waals surface area (Å²) in [5, 5.41) is 3.41. The van der Waals surface area contributed by atoms with Gasteiger partial charge < -0.3 is 10.1 Å². The minimum atomic E-state index is 0.553. The van der Waals surface area contributed by atoms with E-state index in [4.69, 9.17) is 4.74 Å². The summed E-state index contributed by atoms with van der Waals surface area (Å²) < 4.78 is 5.25. The van der Waals surface area contributed by atoms with Crippen molar-refractivity contribution < 1.29 is 4.74 Å². The fourth-order valence-corrected chi connectivity index (χ4v) is 2.04. The van der Waals surface area contributed by atoms with Crippen LogP contribution >= 0.6 is 0 Å². The molecular weight excluding hydrogens is 210 g/mol. The van der Waals surface area contributed by atoms with E-state index in [1.54, 1.807) is 7.11 Å². The van der Waals surface area contributed by atoms with Crippen LogP contribution in [-0.2, 0) is 6.42 Å². The maximum atomic E-state index is 5.25. The van der Waals surface area contributed by atoms with E-state index < -0.39 is 0 Å². The Kier molecular flexibility index (Phi) is 6.06. The molecule has 0 bridgehead atoms. The first kappa shape index (κ1) is 14.0. The van der Waals surface area contributed by atoms with Gasteiger partial charge in [-0.2, -0.15) is 0 Å². The molecule has 1 N–H and O–H groups in total. The fourth-order valence-electron chi connectivity index (χ4n) is 2.04. The lowest BCUT2D eigenvalue weighted by molar-refractivity contribution is 0.405. The fraction of sp³-hybridized carbons (Fsp3) is 0.600. The Morgan fingerprint density at radius 2 is 2.12 bits per heavy atom. The number of likely N-dealkylation sites (N-methyl/N-ethyl adjacent to an activating group) is 1. The third-order valence-electron chi connectivity index (χ3n) is 3.41. The SMILES string of the molecule is CCC(C)CC(Cc1cccc(OC)c1)NC. The van der Waals surface area contributed by atoms with Crippen molar-refractivity contribution in [1.29, 1.82) is 0 Å². The molecule has 0 aliphatic carbocycles. The molecule has 2 atom stereocenters. The van der Waals surface area contributed by atoms with Crippen molar-refractivity contribution in [2.45, 2.75) is 39.2 Å². The highest BCUT2D eigenvalue weighted by Gasteiger charge is 2.11. The molecule has 0 amide bonds. The molecular formula is C15H25NO. The Morgan fingerprint density at radius 3 is 2.71 bits per heavy atom. The van der Waals surface area contributed by atoms with E-state index in [9.17, 15) is 0 Å². The molecule has 2 nitrogen and oxygen atoms in total. The van der Waals surface area contributed by atoms with Gasteiger partial charge in [0.25, 0.3) is 0 Å². The van der Waals surface area contributed by atoms with Gasteiger partial charge in [0, 0.05) is 6.04 Å². The minimum absolute atomic E-state index is 0.553. The zero-order chi connectivity index (χ0) is 12.7. The molecule has 2 heteroatoms. The largest absolute Gasteiger partial charge is 0.497 e. The zero-order valence-electron chi connectivity index (χ0n) is 11.5. The number of rotatable bonds is 7. The second-order valence-corrected chi connectivity index (χ2v) is 4.79. The van der Waals surface area contributed by atoms with Crippen LogP contribution in [0.2, 0.25) is 0 Å². The predicted octanol–water partition coefficient (Wildman–Crippen LogP) is 3.26. The van der Waals surface area contributed by atoms with E-state index >= 15 is 0 Å². The van der Waals surface area contributed by atoms with Gasteiger partial charge in [-0.15, -0.1) is 0 Å². The third-order valence-corrected chi connectivity index (χ3v) is 3.41. The molecule has 17 heavy (non-hydrogen) atoms. The highest BCUT2D eigenvalue weighted by molar-refractivity contribution is 5.28. The molecule has 0 aliphatic rings. The molecule has 0 saturated heterocycles. The van der Waals surface area contributed by atoms with Gasteiger partial charge >= 0.3 is 0 Å². The van der Waals surface area contributed by atoms with Gasteiger partial charge in [-0.3, -0.25) is 0 Å². The maximum Gasteiger partial charge on any atom is 0.119 e. The molecule has 0 aliphatic heterocycles. The van der Waals surface area contributed by atoms with Crippen molar-refractivity contribution in [2.24, 2.45) is 5.92 Å². The quantitative estimate of drug-likeness (QED) is 0.783. The summed E-state index contributed by atoms with van der Waals surface area (Å²) in [4.78, 5) is 0. The average molecular weight is 235 g/mol. The molecule has 0 spiro atoms. The second kappa shape index (κ2) is 7.33. The second-order valence-electron chi connectivity index (χ2n) is 4.79. The molecule has 0 fully saturated rings. The summed E-state index contributed by atoms with van der Waals surface area (Å²) in [6.45, 7) is 4.57. The Bertz CT molecular complexity index is 324. The van der Waals surface area contributed by atoms with E-state index in [0.717, 1.165) is 18.1 Å². The van der Waals surface area contributed by atoms with Gasteiger partial charge in [-0.1, -0.05) is 32.4 Å². The van der Waals surface area contributed by atoms with Crippen LogP contribution < -0.4 is 10.1 Å². The number of benzene rings is 1. The van der Waals surface area contributed by atoms with Gasteiger partial charge in [0.05, 0.1) is 7.11 Å². The first-order valence-corrected chi connectivity index (χ1v) is 6.49. The Balaban J connectivity index is 2.60. The summed E-state index contributed by atoms with van der Waals surface area (Å²) in [7, 11) is 3.76. The highest BCUT2D eigenvalue weighted by atomic mass is 16.5. The molecule has 96 valence electrons. The molecule has 2 unspecified atom stereocenters. The van der Waals surface area contributed by atoms with Crippen LogP contribution in [0.5, 0.6) is 5.75 Å². The average Bonchev–Trinajstić information content (AvgIpc) is 2.37. The van der Waals surface area contributed by atoms with E-state index in [2.05, 4.69) is 37.4 Å². The number of hydrogen-bond acceptors (Lipinski definition) is 2. The Morgan fingerprint density at radius 1 is 1.35 bits per heavy atom. The number of methoxy groups -OCH3 is 1. The first-order chi connectivity index (χ1) is 8.19. The van der Waals surface area contributed by atoms with Crippen molar-refractivity contribution in [2.75, 3.05) is 14.2 Å². The highest BCUT2D eigenvalue weighted by Crippen LogP contribution is 2.17.